The van der Waals surface area contributed by atoms with Gasteiger partial charge < -0.3 is 5.11 Å². The minimum atomic E-state index is 0. The molecule has 46 valence electrons. The third kappa shape index (κ3) is 10.7. The fourth-order valence-corrected chi connectivity index (χ4v) is 0. The van der Waals surface area contributed by atoms with Gasteiger partial charge in [0.05, 0.1) is 0 Å². The fourth-order valence-electron chi connectivity index (χ4n) is 0. The normalized spacial score (nSPS) is 10.3. The summed E-state index contributed by atoms with van der Waals surface area (Å²) in [4.78, 5) is 0. The average Bonchev–Trinajstić information content (AvgIpc) is 1.35. The molecule has 1 nitrogen and oxygen atoms in total. The second-order valence-corrected chi connectivity index (χ2v) is 2.72. The third-order valence-electron chi connectivity index (χ3n) is 0.474. The molecule has 0 aliphatic carbocycles. The molecule has 0 fully saturated rings. The van der Waals surface area contributed by atoms with E-state index in [2.05, 4.69) is 0 Å². The lowest BCUT2D eigenvalue weighted by Gasteiger charge is -2.11. The fraction of sp³-hybridized carbons (Fsp3) is 1.00. The Morgan fingerprint density at radius 3 is 1.43 bits per heavy atom. The number of hydrogen-bond donors (Lipinski definition) is 1. The van der Waals surface area contributed by atoms with Crippen LogP contribution in [0.1, 0.15) is 20.8 Å². The van der Waals surface area contributed by atoms with Gasteiger partial charge in [-0.1, -0.05) is 20.8 Å². The van der Waals surface area contributed by atoms with Crippen LogP contribution in [-0.4, -0.2) is 22.7 Å². The van der Waals surface area contributed by atoms with Crippen molar-refractivity contribution in [3.8, 4) is 0 Å². The Labute approximate surface area is 49.8 Å². The quantitative estimate of drug-likeness (QED) is 0.430. The number of aliphatic hydroxyl groups is 1. The molecule has 0 atom stereocenters. The lowest BCUT2D eigenvalue weighted by Crippen LogP contribution is -2.09. The van der Waals surface area contributed by atoms with Crippen molar-refractivity contribution in [1.29, 1.82) is 0 Å². The van der Waals surface area contributed by atoms with Crippen molar-refractivity contribution in [2.45, 2.75) is 20.8 Å². The molecule has 0 heterocycles. The average molecular weight is 120 g/mol. The van der Waals surface area contributed by atoms with Crippen molar-refractivity contribution in [2.24, 2.45) is 5.41 Å². The molecule has 0 aliphatic heterocycles. The van der Waals surface area contributed by atoms with Gasteiger partial charge in [-0.25, -0.2) is 0 Å². The van der Waals surface area contributed by atoms with E-state index in [1.54, 1.807) is 0 Å². The first-order valence-electron chi connectivity index (χ1n) is 2.17. The van der Waals surface area contributed by atoms with Crippen LogP contribution < -0.4 is 0 Å². The topological polar surface area (TPSA) is 20.2 Å². The van der Waals surface area contributed by atoms with E-state index >= 15 is 0 Å². The monoisotopic (exact) mass is 120 g/mol. The van der Waals surface area contributed by atoms with Crippen molar-refractivity contribution >= 4 is 11.0 Å². The van der Waals surface area contributed by atoms with Gasteiger partial charge >= 0.3 is 0 Å². The molecular formula is C5H16OSi. The first kappa shape index (κ1) is 10.2. The van der Waals surface area contributed by atoms with E-state index in [0.717, 1.165) is 0 Å². The molecule has 0 radical (unpaired) electrons. The summed E-state index contributed by atoms with van der Waals surface area (Å²) < 4.78 is 0. The Kier molecular flexibility index (Phi) is 4.69. The van der Waals surface area contributed by atoms with Crippen molar-refractivity contribution in [3.63, 3.8) is 0 Å². The molecule has 0 amide bonds. The summed E-state index contributed by atoms with van der Waals surface area (Å²) in [6.07, 6.45) is 0. The molecule has 0 aliphatic rings. The standard InChI is InChI=1S/C5H12O.H4Si/c1-5(2,3)4-6;/h6H,4H2,1-3H3;1H4. The SMILES string of the molecule is CC(C)(C)CO.[SiH4]. The summed E-state index contributed by atoms with van der Waals surface area (Å²) in [5.74, 6) is 0. The number of rotatable bonds is 0. The molecule has 0 saturated heterocycles. The summed E-state index contributed by atoms with van der Waals surface area (Å²) >= 11 is 0. The molecule has 2 heteroatoms. The van der Waals surface area contributed by atoms with E-state index in [1.807, 2.05) is 20.8 Å². The van der Waals surface area contributed by atoms with Crippen LogP contribution in [0.4, 0.5) is 0 Å². The lowest BCUT2D eigenvalue weighted by atomic mass is 9.99. The zero-order valence-corrected chi connectivity index (χ0v) is 4.65. The highest BCUT2D eigenvalue weighted by molar-refractivity contribution is 5.75. The lowest BCUT2D eigenvalue weighted by molar-refractivity contribution is 0.177. The van der Waals surface area contributed by atoms with Gasteiger partial charge in [-0.15, -0.1) is 0 Å². The first-order chi connectivity index (χ1) is 2.56. The molecule has 0 spiro atoms. The zero-order valence-electron chi connectivity index (χ0n) is 4.65. The summed E-state index contributed by atoms with van der Waals surface area (Å²) in [7, 11) is 0. The van der Waals surface area contributed by atoms with Crippen molar-refractivity contribution in [3.05, 3.63) is 0 Å². The summed E-state index contributed by atoms with van der Waals surface area (Å²) in [5, 5.41) is 8.40. The molecular weight excluding hydrogens is 104 g/mol. The van der Waals surface area contributed by atoms with E-state index in [-0.39, 0.29) is 23.0 Å². The second kappa shape index (κ2) is 3.21. The van der Waals surface area contributed by atoms with Crippen molar-refractivity contribution in [1.82, 2.24) is 0 Å². The van der Waals surface area contributed by atoms with E-state index < -0.39 is 0 Å². The molecule has 0 saturated carbocycles. The predicted octanol–water partition coefficient (Wildman–Crippen LogP) is -0.427. The van der Waals surface area contributed by atoms with Crippen LogP contribution in [0.15, 0.2) is 0 Å². The maximum Gasteiger partial charge on any atom is 0.0479 e. The van der Waals surface area contributed by atoms with Gasteiger partial charge in [-0.2, -0.15) is 0 Å². The zero-order chi connectivity index (χ0) is 5.21. The third-order valence-corrected chi connectivity index (χ3v) is 0.474. The van der Waals surface area contributed by atoms with Crippen LogP contribution in [0.3, 0.4) is 0 Å². The van der Waals surface area contributed by atoms with Crippen LogP contribution in [-0.2, 0) is 0 Å². The maximum absolute atomic E-state index is 8.40. The van der Waals surface area contributed by atoms with Crippen molar-refractivity contribution < 1.29 is 5.11 Å². The highest BCUT2D eigenvalue weighted by Gasteiger charge is 2.05. The Morgan fingerprint density at radius 1 is 1.29 bits per heavy atom. The Hall–Kier alpha value is 0.177. The van der Waals surface area contributed by atoms with Crippen LogP contribution in [0, 0.1) is 5.41 Å². The molecule has 0 aromatic heterocycles. The molecule has 0 unspecified atom stereocenters. The first-order valence-corrected chi connectivity index (χ1v) is 2.17. The predicted molar refractivity (Wildman–Crippen MR) is 37.9 cm³/mol. The van der Waals surface area contributed by atoms with Gasteiger partial charge in [-0.3, -0.25) is 0 Å². The van der Waals surface area contributed by atoms with Gasteiger partial charge in [0.1, 0.15) is 0 Å². The maximum atomic E-state index is 8.40. The van der Waals surface area contributed by atoms with Crippen LogP contribution in [0.5, 0.6) is 0 Å². The second-order valence-electron chi connectivity index (χ2n) is 2.72. The van der Waals surface area contributed by atoms with E-state index in [1.165, 1.54) is 0 Å². The number of aliphatic hydroxyl groups excluding tert-OH is 1. The van der Waals surface area contributed by atoms with Gasteiger partial charge in [0.15, 0.2) is 0 Å². The summed E-state index contributed by atoms with van der Waals surface area (Å²) in [5.41, 5.74) is 0.0972. The number of hydrogen-bond acceptors (Lipinski definition) is 1. The molecule has 1 N–H and O–H groups in total. The van der Waals surface area contributed by atoms with Crippen molar-refractivity contribution in [2.75, 3.05) is 6.61 Å². The van der Waals surface area contributed by atoms with Gasteiger partial charge in [0.25, 0.3) is 0 Å². The van der Waals surface area contributed by atoms with E-state index in [0.29, 0.717) is 0 Å². The van der Waals surface area contributed by atoms with E-state index in [9.17, 15) is 0 Å². The van der Waals surface area contributed by atoms with Crippen LogP contribution >= 0.6 is 0 Å². The highest BCUT2D eigenvalue weighted by atomic mass is 28.1. The summed E-state index contributed by atoms with van der Waals surface area (Å²) in [6, 6.07) is 0. The Morgan fingerprint density at radius 2 is 1.43 bits per heavy atom. The van der Waals surface area contributed by atoms with Gasteiger partial charge in [0, 0.05) is 6.61 Å². The molecule has 0 rings (SSSR count). The minimum Gasteiger partial charge on any atom is -0.396 e. The molecule has 0 aromatic carbocycles. The largest absolute Gasteiger partial charge is 0.396 e. The van der Waals surface area contributed by atoms with Crippen LogP contribution in [0.25, 0.3) is 0 Å². The summed E-state index contributed by atoms with van der Waals surface area (Å²) in [6.45, 7) is 6.25. The van der Waals surface area contributed by atoms with Gasteiger partial charge in [-0.05, 0) is 16.4 Å². The highest BCUT2D eigenvalue weighted by Crippen LogP contribution is 2.09. The Bertz CT molecular complexity index is 37.8. The van der Waals surface area contributed by atoms with Crippen LogP contribution in [0.2, 0.25) is 0 Å². The molecule has 0 aromatic rings. The Balaban J connectivity index is 0. The van der Waals surface area contributed by atoms with E-state index in [4.69, 9.17) is 5.11 Å². The minimum absolute atomic E-state index is 0. The van der Waals surface area contributed by atoms with Gasteiger partial charge in [0.2, 0.25) is 0 Å². The molecule has 0 bridgehead atoms. The smallest absolute Gasteiger partial charge is 0.0479 e. The molecule has 7 heavy (non-hydrogen) atoms.